The third-order valence-electron chi connectivity index (χ3n) is 11.5. The molecule has 0 N–H and O–H groups in total. The SMILES string of the molecule is c1cc(-c2ccc3oc4ccccc4c3c2)cc(N(c2ccc(-c3cccc4c3sc3ccccc34)cc2)c2cccc(-c3ccc4oc5ccccc5c4c3)c2)c1. The van der Waals surface area contributed by atoms with Crippen LogP contribution in [0.5, 0.6) is 0 Å². The fourth-order valence-electron chi connectivity index (χ4n) is 8.67. The molecule has 58 heavy (non-hydrogen) atoms. The maximum atomic E-state index is 6.18. The van der Waals surface area contributed by atoms with E-state index >= 15 is 0 Å². The molecule has 12 rings (SSSR count). The zero-order chi connectivity index (χ0) is 38.2. The van der Waals surface area contributed by atoms with E-state index in [0.717, 1.165) is 83.2 Å². The maximum absolute atomic E-state index is 6.18. The number of hydrogen-bond acceptors (Lipinski definition) is 4. The molecule has 0 aliphatic heterocycles. The van der Waals surface area contributed by atoms with Crippen LogP contribution in [0, 0.1) is 0 Å². The molecular formula is C54H33NO2S. The molecule has 3 aromatic heterocycles. The van der Waals surface area contributed by atoms with Crippen molar-refractivity contribution in [2.45, 2.75) is 0 Å². The molecular weight excluding hydrogens is 727 g/mol. The molecule has 0 spiro atoms. The van der Waals surface area contributed by atoms with Crippen LogP contribution in [0.3, 0.4) is 0 Å². The van der Waals surface area contributed by atoms with Crippen LogP contribution in [0.15, 0.2) is 209 Å². The number of rotatable bonds is 6. The Kier molecular flexibility index (Phi) is 7.40. The monoisotopic (exact) mass is 759 g/mol. The lowest BCUT2D eigenvalue weighted by Crippen LogP contribution is -2.10. The molecule has 4 heteroatoms. The summed E-state index contributed by atoms with van der Waals surface area (Å²) in [5.74, 6) is 0. The highest BCUT2D eigenvalue weighted by Gasteiger charge is 2.18. The Morgan fingerprint density at radius 2 is 0.793 bits per heavy atom. The van der Waals surface area contributed by atoms with E-state index in [1.165, 1.54) is 31.3 Å². The molecule has 0 radical (unpaired) electrons. The molecule has 9 aromatic carbocycles. The lowest BCUT2D eigenvalue weighted by Gasteiger charge is -2.27. The highest BCUT2D eigenvalue weighted by Crippen LogP contribution is 2.43. The van der Waals surface area contributed by atoms with E-state index in [1.54, 1.807) is 0 Å². The summed E-state index contributed by atoms with van der Waals surface area (Å²) in [5, 5.41) is 7.11. The summed E-state index contributed by atoms with van der Waals surface area (Å²) in [6.07, 6.45) is 0. The summed E-state index contributed by atoms with van der Waals surface area (Å²) in [5.41, 5.74) is 13.8. The van der Waals surface area contributed by atoms with Gasteiger partial charge in [0.15, 0.2) is 0 Å². The number of hydrogen-bond donors (Lipinski definition) is 0. The molecule has 0 aliphatic carbocycles. The smallest absolute Gasteiger partial charge is 0.135 e. The van der Waals surface area contributed by atoms with E-state index in [1.807, 2.05) is 35.6 Å². The first kappa shape index (κ1) is 32.8. The van der Waals surface area contributed by atoms with Gasteiger partial charge >= 0.3 is 0 Å². The van der Waals surface area contributed by atoms with Crippen molar-refractivity contribution in [3.05, 3.63) is 200 Å². The van der Waals surface area contributed by atoms with E-state index in [2.05, 4.69) is 181 Å². The van der Waals surface area contributed by atoms with Gasteiger partial charge in [-0.25, -0.2) is 0 Å². The third kappa shape index (κ3) is 5.34. The number of anilines is 3. The molecule has 272 valence electrons. The first-order chi connectivity index (χ1) is 28.7. The normalized spacial score (nSPS) is 11.8. The minimum Gasteiger partial charge on any atom is -0.456 e. The summed E-state index contributed by atoms with van der Waals surface area (Å²) >= 11 is 1.87. The van der Waals surface area contributed by atoms with Gasteiger partial charge < -0.3 is 13.7 Å². The van der Waals surface area contributed by atoms with Gasteiger partial charge in [-0.15, -0.1) is 11.3 Å². The summed E-state index contributed by atoms with van der Waals surface area (Å²) in [6, 6.07) is 71.7. The second kappa shape index (κ2) is 13.1. The number of thiophene rings is 1. The van der Waals surface area contributed by atoms with Crippen molar-refractivity contribution >= 4 is 92.4 Å². The van der Waals surface area contributed by atoms with Crippen LogP contribution in [0.2, 0.25) is 0 Å². The average molecular weight is 760 g/mol. The van der Waals surface area contributed by atoms with Gasteiger partial charge in [-0.1, -0.05) is 121 Å². The van der Waals surface area contributed by atoms with Crippen molar-refractivity contribution in [1.82, 2.24) is 0 Å². The van der Waals surface area contributed by atoms with Crippen LogP contribution in [0.1, 0.15) is 0 Å². The highest BCUT2D eigenvalue weighted by molar-refractivity contribution is 7.26. The molecule has 0 saturated heterocycles. The molecule has 0 bridgehead atoms. The molecule has 3 heterocycles. The Morgan fingerprint density at radius 3 is 1.41 bits per heavy atom. The number of nitrogens with zero attached hydrogens (tertiary/aromatic N) is 1. The molecule has 0 saturated carbocycles. The Hall–Kier alpha value is -7.40. The van der Waals surface area contributed by atoms with Crippen molar-refractivity contribution in [1.29, 1.82) is 0 Å². The predicted molar refractivity (Wildman–Crippen MR) is 245 cm³/mol. The number of fused-ring (bicyclic) bond motifs is 9. The Labute approximate surface area is 338 Å². The van der Waals surface area contributed by atoms with Gasteiger partial charge in [-0.05, 0) is 112 Å². The molecule has 0 unspecified atom stereocenters. The molecule has 3 nitrogen and oxygen atoms in total. The molecule has 0 atom stereocenters. The Balaban J connectivity index is 0.991. The number of furan rings is 2. The highest BCUT2D eigenvalue weighted by atomic mass is 32.1. The van der Waals surface area contributed by atoms with Crippen molar-refractivity contribution in [3.63, 3.8) is 0 Å². The Bertz CT molecular complexity index is 3380. The first-order valence-electron chi connectivity index (χ1n) is 19.6. The van der Waals surface area contributed by atoms with Gasteiger partial charge in [0.05, 0.1) is 0 Å². The minimum atomic E-state index is 0.896. The largest absolute Gasteiger partial charge is 0.456 e. The second-order valence-electron chi connectivity index (χ2n) is 14.9. The maximum Gasteiger partial charge on any atom is 0.135 e. The number of para-hydroxylation sites is 2. The summed E-state index contributed by atoms with van der Waals surface area (Å²) < 4.78 is 15.0. The van der Waals surface area contributed by atoms with Crippen molar-refractivity contribution in [2.24, 2.45) is 0 Å². The topological polar surface area (TPSA) is 29.5 Å². The quantitative estimate of drug-likeness (QED) is 0.169. The van der Waals surface area contributed by atoms with Crippen LogP contribution in [-0.4, -0.2) is 0 Å². The fraction of sp³-hybridized carbons (Fsp3) is 0. The fourth-order valence-corrected chi connectivity index (χ4v) is 9.91. The van der Waals surface area contributed by atoms with E-state index in [4.69, 9.17) is 8.83 Å². The van der Waals surface area contributed by atoms with Crippen LogP contribution in [-0.2, 0) is 0 Å². The summed E-state index contributed by atoms with van der Waals surface area (Å²) in [6.45, 7) is 0. The number of benzene rings is 9. The van der Waals surface area contributed by atoms with Gasteiger partial charge in [0.2, 0.25) is 0 Å². The van der Waals surface area contributed by atoms with E-state index in [0.29, 0.717) is 0 Å². The predicted octanol–water partition coefficient (Wildman–Crippen LogP) is 16.3. The zero-order valence-electron chi connectivity index (χ0n) is 31.2. The van der Waals surface area contributed by atoms with Crippen LogP contribution >= 0.6 is 11.3 Å². The van der Waals surface area contributed by atoms with E-state index in [9.17, 15) is 0 Å². The van der Waals surface area contributed by atoms with Crippen LogP contribution in [0.25, 0.3) is 97.4 Å². The molecule has 12 aromatic rings. The van der Waals surface area contributed by atoms with Crippen molar-refractivity contribution < 1.29 is 8.83 Å². The van der Waals surface area contributed by atoms with Gasteiger partial charge in [0, 0.05) is 58.8 Å². The molecule has 0 fully saturated rings. The van der Waals surface area contributed by atoms with Crippen molar-refractivity contribution in [2.75, 3.05) is 4.90 Å². The van der Waals surface area contributed by atoms with E-state index in [-0.39, 0.29) is 0 Å². The van der Waals surface area contributed by atoms with Gasteiger partial charge in [0.25, 0.3) is 0 Å². The van der Waals surface area contributed by atoms with Gasteiger partial charge in [-0.2, -0.15) is 0 Å². The molecule has 0 amide bonds. The summed E-state index contributed by atoms with van der Waals surface area (Å²) in [4.78, 5) is 2.37. The Morgan fingerprint density at radius 1 is 0.310 bits per heavy atom. The first-order valence-corrected chi connectivity index (χ1v) is 20.4. The van der Waals surface area contributed by atoms with Crippen molar-refractivity contribution in [3.8, 4) is 33.4 Å². The van der Waals surface area contributed by atoms with Crippen LogP contribution < -0.4 is 4.90 Å². The minimum absolute atomic E-state index is 0.896. The van der Waals surface area contributed by atoms with E-state index < -0.39 is 0 Å². The lowest BCUT2D eigenvalue weighted by atomic mass is 10.00. The standard InChI is InChI=1S/C54H33NO2S/c1-4-19-49-43(14-1)47-32-37(24-28-51(47)56-49)35-10-7-12-40(30-35)55(39-26-22-34(23-27-39)42-17-9-18-46-45-16-3-6-21-53(45)58-54(42)46)41-13-8-11-36(31-41)38-25-29-52-48(33-38)44-15-2-5-20-50(44)57-52/h1-33H. The average Bonchev–Trinajstić information content (AvgIpc) is 3.98. The lowest BCUT2D eigenvalue weighted by molar-refractivity contribution is 0.668. The second-order valence-corrected chi connectivity index (χ2v) is 15.9. The van der Waals surface area contributed by atoms with Gasteiger partial charge in [-0.3, -0.25) is 0 Å². The van der Waals surface area contributed by atoms with Crippen LogP contribution in [0.4, 0.5) is 17.1 Å². The third-order valence-corrected chi connectivity index (χ3v) is 12.7. The van der Waals surface area contributed by atoms with Gasteiger partial charge in [0.1, 0.15) is 22.3 Å². The summed E-state index contributed by atoms with van der Waals surface area (Å²) in [7, 11) is 0. The molecule has 0 aliphatic rings. The zero-order valence-corrected chi connectivity index (χ0v) is 32.0.